The highest BCUT2D eigenvalue weighted by atomic mass is 16.1. The van der Waals surface area contributed by atoms with Crippen molar-refractivity contribution in [2.75, 3.05) is 6.54 Å². The van der Waals surface area contributed by atoms with Gasteiger partial charge in [0.2, 0.25) is 0 Å². The van der Waals surface area contributed by atoms with Crippen molar-refractivity contribution in [1.82, 2.24) is 15.3 Å². The van der Waals surface area contributed by atoms with E-state index in [2.05, 4.69) is 29.1 Å². The fourth-order valence-corrected chi connectivity index (χ4v) is 1.78. The highest BCUT2D eigenvalue weighted by molar-refractivity contribution is 5.06. The number of nitrogens with zero attached hydrogens (tertiary/aromatic N) is 1. The Hall–Kier alpha value is -1.16. The van der Waals surface area contributed by atoms with E-state index in [1.807, 2.05) is 0 Å². The molecule has 0 bridgehead atoms. The number of hydrogen-bond donors (Lipinski definition) is 2. The van der Waals surface area contributed by atoms with Crippen molar-refractivity contribution in [1.29, 1.82) is 0 Å². The van der Waals surface area contributed by atoms with Crippen molar-refractivity contribution >= 4 is 0 Å². The van der Waals surface area contributed by atoms with Crippen LogP contribution < -0.4 is 10.9 Å². The normalized spacial score (nSPS) is 15.5. The van der Waals surface area contributed by atoms with Crippen molar-refractivity contribution in [3.63, 3.8) is 0 Å². The first-order valence-corrected chi connectivity index (χ1v) is 6.43. The van der Waals surface area contributed by atoms with Gasteiger partial charge in [0, 0.05) is 24.7 Å². The minimum absolute atomic E-state index is 0.00639. The molecular formula is C13H21N3O. The average molecular weight is 235 g/mol. The lowest BCUT2D eigenvalue weighted by molar-refractivity contribution is 0.549. The summed E-state index contributed by atoms with van der Waals surface area (Å²) in [6, 6.07) is 0. The first kappa shape index (κ1) is 12.3. The fourth-order valence-electron chi connectivity index (χ4n) is 1.78. The summed E-state index contributed by atoms with van der Waals surface area (Å²) >= 11 is 0. The molecule has 1 aliphatic carbocycles. The van der Waals surface area contributed by atoms with E-state index in [-0.39, 0.29) is 5.56 Å². The van der Waals surface area contributed by atoms with Gasteiger partial charge >= 0.3 is 0 Å². The van der Waals surface area contributed by atoms with E-state index in [0.29, 0.717) is 12.5 Å². The van der Waals surface area contributed by atoms with E-state index in [1.165, 1.54) is 12.8 Å². The van der Waals surface area contributed by atoms with Crippen LogP contribution in [0.5, 0.6) is 0 Å². The van der Waals surface area contributed by atoms with Crippen LogP contribution in [-0.4, -0.2) is 16.5 Å². The molecule has 1 aromatic rings. The zero-order chi connectivity index (χ0) is 12.3. The van der Waals surface area contributed by atoms with E-state index in [4.69, 9.17) is 0 Å². The molecular weight excluding hydrogens is 214 g/mol. The Labute approximate surface area is 102 Å². The van der Waals surface area contributed by atoms with E-state index >= 15 is 0 Å². The molecule has 4 heteroatoms. The van der Waals surface area contributed by atoms with Gasteiger partial charge in [0.15, 0.2) is 0 Å². The number of aromatic amines is 1. The van der Waals surface area contributed by atoms with E-state index < -0.39 is 0 Å². The standard InChI is InChI=1S/C13H21N3O/c1-9(2)6-14-7-11-8-15-12(16-13(11)17)5-10-3-4-10/h8-10,14H,3-7H2,1-2H3,(H,15,16,17). The van der Waals surface area contributed by atoms with Crippen molar-refractivity contribution in [3.8, 4) is 0 Å². The van der Waals surface area contributed by atoms with Gasteiger partial charge in [-0.25, -0.2) is 4.98 Å². The predicted octanol–water partition coefficient (Wildman–Crippen LogP) is 1.47. The summed E-state index contributed by atoms with van der Waals surface area (Å²) in [6.45, 7) is 5.82. The average Bonchev–Trinajstić information content (AvgIpc) is 3.05. The highest BCUT2D eigenvalue weighted by Crippen LogP contribution is 2.31. The molecule has 0 radical (unpaired) electrons. The number of H-pyrrole nitrogens is 1. The first-order chi connectivity index (χ1) is 8.15. The molecule has 94 valence electrons. The molecule has 1 saturated carbocycles. The quantitative estimate of drug-likeness (QED) is 0.785. The number of hydrogen-bond acceptors (Lipinski definition) is 3. The summed E-state index contributed by atoms with van der Waals surface area (Å²) < 4.78 is 0. The molecule has 0 aliphatic heterocycles. The van der Waals surface area contributed by atoms with Gasteiger partial charge in [-0.2, -0.15) is 0 Å². The number of aromatic nitrogens is 2. The maximum Gasteiger partial charge on any atom is 0.255 e. The third kappa shape index (κ3) is 3.97. The maximum absolute atomic E-state index is 11.8. The SMILES string of the molecule is CC(C)CNCc1cnc(CC2CC2)[nH]c1=O. The number of rotatable bonds is 6. The third-order valence-electron chi connectivity index (χ3n) is 2.97. The first-order valence-electron chi connectivity index (χ1n) is 6.43. The van der Waals surface area contributed by atoms with Gasteiger partial charge in [0.1, 0.15) is 5.82 Å². The monoisotopic (exact) mass is 235 g/mol. The lowest BCUT2D eigenvalue weighted by Crippen LogP contribution is -2.25. The van der Waals surface area contributed by atoms with Crippen LogP contribution in [0.25, 0.3) is 0 Å². The molecule has 4 nitrogen and oxygen atoms in total. The van der Waals surface area contributed by atoms with Crippen LogP contribution in [0.2, 0.25) is 0 Å². The summed E-state index contributed by atoms with van der Waals surface area (Å²) in [5.41, 5.74) is 0.733. The van der Waals surface area contributed by atoms with Crippen LogP contribution in [-0.2, 0) is 13.0 Å². The van der Waals surface area contributed by atoms with Crippen LogP contribution in [0.1, 0.15) is 38.1 Å². The summed E-state index contributed by atoms with van der Waals surface area (Å²) in [5, 5.41) is 3.25. The van der Waals surface area contributed by atoms with Gasteiger partial charge in [-0.3, -0.25) is 4.79 Å². The molecule has 0 unspecified atom stereocenters. The van der Waals surface area contributed by atoms with E-state index in [0.717, 1.165) is 30.3 Å². The van der Waals surface area contributed by atoms with Gasteiger partial charge < -0.3 is 10.3 Å². The van der Waals surface area contributed by atoms with Crippen LogP contribution >= 0.6 is 0 Å². The molecule has 1 aromatic heterocycles. The van der Waals surface area contributed by atoms with Crippen molar-refractivity contribution in [2.24, 2.45) is 11.8 Å². The maximum atomic E-state index is 11.8. The molecule has 0 spiro atoms. The lowest BCUT2D eigenvalue weighted by atomic mass is 10.2. The van der Waals surface area contributed by atoms with Crippen LogP contribution in [0.15, 0.2) is 11.0 Å². The Morgan fingerprint density at radius 1 is 1.53 bits per heavy atom. The predicted molar refractivity (Wildman–Crippen MR) is 67.8 cm³/mol. The Bertz CT molecular complexity index is 421. The molecule has 2 N–H and O–H groups in total. The molecule has 1 heterocycles. The van der Waals surface area contributed by atoms with Gasteiger partial charge in [-0.1, -0.05) is 13.8 Å². The van der Waals surface area contributed by atoms with Crippen molar-refractivity contribution in [3.05, 3.63) is 27.9 Å². The zero-order valence-corrected chi connectivity index (χ0v) is 10.6. The molecule has 0 atom stereocenters. The largest absolute Gasteiger partial charge is 0.312 e. The highest BCUT2D eigenvalue weighted by Gasteiger charge is 2.22. The van der Waals surface area contributed by atoms with Gasteiger partial charge in [0.05, 0.1) is 0 Å². The van der Waals surface area contributed by atoms with Crippen LogP contribution in [0.3, 0.4) is 0 Å². The Morgan fingerprint density at radius 2 is 2.29 bits per heavy atom. The van der Waals surface area contributed by atoms with Gasteiger partial charge in [-0.15, -0.1) is 0 Å². The second-order valence-electron chi connectivity index (χ2n) is 5.36. The Kier molecular flexibility index (Phi) is 3.94. The molecule has 0 amide bonds. The summed E-state index contributed by atoms with van der Waals surface area (Å²) in [7, 11) is 0. The summed E-state index contributed by atoms with van der Waals surface area (Å²) in [4.78, 5) is 19.0. The Morgan fingerprint density at radius 3 is 2.88 bits per heavy atom. The van der Waals surface area contributed by atoms with Crippen LogP contribution in [0.4, 0.5) is 0 Å². The van der Waals surface area contributed by atoms with E-state index in [9.17, 15) is 4.79 Å². The van der Waals surface area contributed by atoms with Gasteiger partial charge in [0.25, 0.3) is 5.56 Å². The molecule has 0 aromatic carbocycles. The fraction of sp³-hybridized carbons (Fsp3) is 0.692. The molecule has 1 aliphatic rings. The third-order valence-corrected chi connectivity index (χ3v) is 2.97. The van der Waals surface area contributed by atoms with E-state index in [1.54, 1.807) is 6.20 Å². The Balaban J connectivity index is 1.91. The molecule has 1 fully saturated rings. The van der Waals surface area contributed by atoms with Crippen LogP contribution in [0, 0.1) is 11.8 Å². The molecule has 2 rings (SSSR count). The summed E-state index contributed by atoms with van der Waals surface area (Å²) in [5.74, 6) is 2.18. The smallest absolute Gasteiger partial charge is 0.255 e. The zero-order valence-electron chi connectivity index (χ0n) is 10.6. The summed E-state index contributed by atoms with van der Waals surface area (Å²) in [6.07, 6.45) is 5.20. The second-order valence-corrected chi connectivity index (χ2v) is 5.36. The minimum atomic E-state index is 0.00639. The van der Waals surface area contributed by atoms with Crippen molar-refractivity contribution < 1.29 is 0 Å². The van der Waals surface area contributed by atoms with Gasteiger partial charge in [-0.05, 0) is 31.2 Å². The number of nitrogens with one attached hydrogen (secondary N) is 2. The van der Waals surface area contributed by atoms with Crippen molar-refractivity contribution in [2.45, 2.75) is 39.7 Å². The second kappa shape index (κ2) is 5.45. The molecule has 0 saturated heterocycles. The molecule has 17 heavy (non-hydrogen) atoms. The minimum Gasteiger partial charge on any atom is -0.312 e. The topological polar surface area (TPSA) is 57.8 Å². The lowest BCUT2D eigenvalue weighted by Gasteiger charge is -2.07.